The summed E-state index contributed by atoms with van der Waals surface area (Å²) >= 11 is 1.35. The Labute approximate surface area is 112 Å². The summed E-state index contributed by atoms with van der Waals surface area (Å²) in [4.78, 5) is 8.48. The van der Waals surface area contributed by atoms with Gasteiger partial charge in [-0.1, -0.05) is 6.07 Å². The van der Waals surface area contributed by atoms with E-state index in [4.69, 9.17) is 0 Å². The number of hydrogen-bond donors (Lipinski definition) is 0. The summed E-state index contributed by atoms with van der Waals surface area (Å²) in [5, 5.41) is 2.38. The normalized spacial score (nSPS) is 10.6. The SMILES string of the molecule is Fc1ccc(F)c(-c2csc(-c3ccccn3)n2)c1. The first-order chi connectivity index (χ1) is 9.24. The molecule has 2 heterocycles. The predicted octanol–water partition coefficient (Wildman–Crippen LogP) is 4.15. The van der Waals surface area contributed by atoms with E-state index in [0.29, 0.717) is 10.7 Å². The van der Waals surface area contributed by atoms with Gasteiger partial charge < -0.3 is 0 Å². The van der Waals surface area contributed by atoms with E-state index in [-0.39, 0.29) is 5.56 Å². The highest BCUT2D eigenvalue weighted by Gasteiger charge is 2.11. The van der Waals surface area contributed by atoms with Crippen molar-refractivity contribution in [1.82, 2.24) is 9.97 Å². The molecule has 0 bridgehead atoms. The number of halogens is 2. The lowest BCUT2D eigenvalue weighted by molar-refractivity contribution is 0.603. The van der Waals surface area contributed by atoms with Crippen LogP contribution in [0.15, 0.2) is 48.0 Å². The summed E-state index contributed by atoms with van der Waals surface area (Å²) in [5.41, 5.74) is 1.30. The first-order valence-corrected chi connectivity index (χ1v) is 6.44. The Morgan fingerprint density at radius 2 is 1.89 bits per heavy atom. The van der Waals surface area contributed by atoms with Crippen LogP contribution in [0, 0.1) is 11.6 Å². The Bertz CT molecular complexity index is 710. The molecule has 0 aliphatic rings. The van der Waals surface area contributed by atoms with Gasteiger partial charge in [0.1, 0.15) is 16.6 Å². The van der Waals surface area contributed by atoms with Crippen molar-refractivity contribution in [1.29, 1.82) is 0 Å². The number of benzene rings is 1. The van der Waals surface area contributed by atoms with Crippen LogP contribution in [-0.4, -0.2) is 9.97 Å². The Morgan fingerprint density at radius 3 is 2.68 bits per heavy atom. The number of rotatable bonds is 2. The molecule has 0 radical (unpaired) electrons. The van der Waals surface area contributed by atoms with E-state index in [9.17, 15) is 8.78 Å². The fraction of sp³-hybridized carbons (Fsp3) is 0. The molecule has 0 unspecified atom stereocenters. The first kappa shape index (κ1) is 11.9. The van der Waals surface area contributed by atoms with Crippen molar-refractivity contribution in [2.75, 3.05) is 0 Å². The van der Waals surface area contributed by atoms with Crippen LogP contribution in [0.25, 0.3) is 22.0 Å². The molecule has 3 aromatic rings. The lowest BCUT2D eigenvalue weighted by Gasteiger charge is -1.99. The Morgan fingerprint density at radius 1 is 1.00 bits per heavy atom. The summed E-state index contributed by atoms with van der Waals surface area (Å²) in [6.07, 6.45) is 1.67. The molecule has 0 fully saturated rings. The van der Waals surface area contributed by atoms with E-state index in [2.05, 4.69) is 9.97 Å². The maximum absolute atomic E-state index is 13.6. The van der Waals surface area contributed by atoms with E-state index < -0.39 is 11.6 Å². The topological polar surface area (TPSA) is 25.8 Å². The van der Waals surface area contributed by atoms with Gasteiger partial charge in [-0.3, -0.25) is 4.98 Å². The van der Waals surface area contributed by atoms with Crippen molar-refractivity contribution in [3.63, 3.8) is 0 Å². The van der Waals surface area contributed by atoms with Gasteiger partial charge in [-0.25, -0.2) is 13.8 Å². The summed E-state index contributed by atoms with van der Waals surface area (Å²) in [6, 6.07) is 8.82. The molecule has 0 N–H and O–H groups in total. The third-order valence-electron chi connectivity index (χ3n) is 2.59. The average molecular weight is 274 g/mol. The molecule has 2 nitrogen and oxygen atoms in total. The fourth-order valence-electron chi connectivity index (χ4n) is 1.70. The van der Waals surface area contributed by atoms with Crippen molar-refractivity contribution >= 4 is 11.3 Å². The fourth-order valence-corrected chi connectivity index (χ4v) is 2.49. The molecule has 0 amide bonds. The monoisotopic (exact) mass is 274 g/mol. The molecule has 94 valence electrons. The first-order valence-electron chi connectivity index (χ1n) is 5.56. The van der Waals surface area contributed by atoms with Gasteiger partial charge in [0.2, 0.25) is 0 Å². The molecule has 0 saturated heterocycles. The average Bonchev–Trinajstić information content (AvgIpc) is 2.92. The van der Waals surface area contributed by atoms with Crippen LogP contribution in [0.4, 0.5) is 8.78 Å². The van der Waals surface area contributed by atoms with Crippen molar-refractivity contribution in [3.8, 4) is 22.0 Å². The zero-order chi connectivity index (χ0) is 13.2. The third-order valence-corrected chi connectivity index (χ3v) is 3.46. The lowest BCUT2D eigenvalue weighted by Crippen LogP contribution is -1.87. The summed E-state index contributed by atoms with van der Waals surface area (Å²) in [5.74, 6) is -0.969. The second kappa shape index (κ2) is 4.85. The Balaban J connectivity index is 2.04. The van der Waals surface area contributed by atoms with Crippen molar-refractivity contribution in [2.24, 2.45) is 0 Å². The second-order valence-electron chi connectivity index (χ2n) is 3.88. The minimum atomic E-state index is -0.487. The summed E-state index contributed by atoms with van der Waals surface area (Å²) in [7, 11) is 0. The Hall–Kier alpha value is -2.14. The smallest absolute Gasteiger partial charge is 0.142 e. The molecule has 0 aliphatic heterocycles. The highest BCUT2D eigenvalue weighted by molar-refractivity contribution is 7.13. The molecule has 1 aromatic carbocycles. The minimum absolute atomic E-state index is 0.165. The third kappa shape index (κ3) is 2.37. The van der Waals surface area contributed by atoms with Gasteiger partial charge in [0, 0.05) is 17.1 Å². The van der Waals surface area contributed by atoms with Crippen LogP contribution < -0.4 is 0 Å². The van der Waals surface area contributed by atoms with Crippen LogP contribution in [0.5, 0.6) is 0 Å². The van der Waals surface area contributed by atoms with Gasteiger partial charge in [-0.15, -0.1) is 11.3 Å². The number of hydrogen-bond acceptors (Lipinski definition) is 3. The maximum Gasteiger partial charge on any atom is 0.142 e. The van der Waals surface area contributed by atoms with Gasteiger partial charge in [0.25, 0.3) is 0 Å². The van der Waals surface area contributed by atoms with Crippen molar-refractivity contribution in [3.05, 3.63) is 59.6 Å². The standard InChI is InChI=1S/C14H8F2N2S/c15-9-4-5-11(16)10(7-9)13-8-19-14(18-13)12-3-1-2-6-17-12/h1-8H. The summed E-state index contributed by atoms with van der Waals surface area (Å²) in [6.45, 7) is 0. The van der Waals surface area contributed by atoms with Gasteiger partial charge in [-0.2, -0.15) is 0 Å². The van der Waals surface area contributed by atoms with E-state index in [1.807, 2.05) is 18.2 Å². The van der Waals surface area contributed by atoms with E-state index in [1.165, 1.54) is 11.3 Å². The molecular weight excluding hydrogens is 266 g/mol. The van der Waals surface area contributed by atoms with Gasteiger partial charge in [0.05, 0.1) is 11.4 Å². The highest BCUT2D eigenvalue weighted by Crippen LogP contribution is 2.29. The lowest BCUT2D eigenvalue weighted by atomic mass is 10.1. The predicted molar refractivity (Wildman–Crippen MR) is 70.7 cm³/mol. The largest absolute Gasteiger partial charge is 0.254 e. The quantitative estimate of drug-likeness (QED) is 0.701. The number of nitrogens with zero attached hydrogens (tertiary/aromatic N) is 2. The van der Waals surface area contributed by atoms with E-state index >= 15 is 0 Å². The van der Waals surface area contributed by atoms with Crippen LogP contribution in [0.3, 0.4) is 0 Å². The molecule has 3 rings (SSSR count). The molecule has 2 aromatic heterocycles. The van der Waals surface area contributed by atoms with Gasteiger partial charge >= 0.3 is 0 Å². The molecule has 19 heavy (non-hydrogen) atoms. The number of thiazole rings is 1. The van der Waals surface area contributed by atoms with E-state index in [1.54, 1.807) is 11.6 Å². The molecule has 0 aliphatic carbocycles. The molecule has 5 heteroatoms. The van der Waals surface area contributed by atoms with Gasteiger partial charge in [0.15, 0.2) is 0 Å². The van der Waals surface area contributed by atoms with Crippen LogP contribution in [0.1, 0.15) is 0 Å². The van der Waals surface area contributed by atoms with Crippen LogP contribution >= 0.6 is 11.3 Å². The van der Waals surface area contributed by atoms with E-state index in [0.717, 1.165) is 23.9 Å². The van der Waals surface area contributed by atoms with Gasteiger partial charge in [-0.05, 0) is 30.3 Å². The summed E-state index contributed by atoms with van der Waals surface area (Å²) < 4.78 is 26.8. The number of aromatic nitrogens is 2. The molecular formula is C14H8F2N2S. The zero-order valence-corrected chi connectivity index (χ0v) is 10.5. The van der Waals surface area contributed by atoms with Crippen LogP contribution in [0.2, 0.25) is 0 Å². The molecule has 0 atom stereocenters. The molecule has 0 spiro atoms. The Kier molecular flexibility index (Phi) is 3.05. The van der Waals surface area contributed by atoms with Crippen molar-refractivity contribution in [2.45, 2.75) is 0 Å². The highest BCUT2D eigenvalue weighted by atomic mass is 32.1. The van der Waals surface area contributed by atoms with Crippen LogP contribution in [-0.2, 0) is 0 Å². The second-order valence-corrected chi connectivity index (χ2v) is 4.74. The number of pyridine rings is 1. The maximum atomic E-state index is 13.6. The molecule has 0 saturated carbocycles. The minimum Gasteiger partial charge on any atom is -0.254 e. The zero-order valence-electron chi connectivity index (χ0n) is 9.68. The van der Waals surface area contributed by atoms with Crippen molar-refractivity contribution < 1.29 is 8.78 Å².